The van der Waals surface area contributed by atoms with Crippen molar-refractivity contribution >= 4 is 17.5 Å². The summed E-state index contributed by atoms with van der Waals surface area (Å²) in [5.74, 6) is 3.54. The molecular formula is C49H71NO4. The number of ether oxygens (including phenoxy) is 1. The standard InChI is InChI=1S/C28H44O3.C21H27NO/c1-3-4-5-6-7-8-9-10-27(30)31-26-16-15-25-24-13-11-20-19-21(29)12-14-22(20)23(24)17-18-28(25,26)2;1-5-20(23)21(16-17(2)22(3)4,18-12-8-6-9-13-18)19-14-10-7-11-15-19/h19,22-26H,3-18H2,1-2H3;6-15,17H,5,16H2,1-4H3/t22-,23+,24+,25-,26-,28-;17-/m01/s1. The molecular weight excluding hydrogens is 667 g/mol. The van der Waals surface area contributed by atoms with Crippen molar-refractivity contribution < 1.29 is 19.1 Å². The number of nitrogens with zero attached hydrogens (tertiary/aromatic N) is 1. The molecule has 0 spiro atoms. The molecule has 3 fully saturated rings. The molecule has 0 aliphatic heterocycles. The minimum atomic E-state index is -0.582. The molecule has 4 aliphatic rings. The van der Waals surface area contributed by atoms with Gasteiger partial charge in [0.2, 0.25) is 0 Å². The van der Waals surface area contributed by atoms with Gasteiger partial charge < -0.3 is 9.64 Å². The highest BCUT2D eigenvalue weighted by Gasteiger charge is 2.57. The van der Waals surface area contributed by atoms with Crippen LogP contribution < -0.4 is 0 Å². The minimum Gasteiger partial charge on any atom is -0.462 e. The molecule has 4 aliphatic carbocycles. The maximum absolute atomic E-state index is 13.2. The maximum Gasteiger partial charge on any atom is 0.306 e. The van der Waals surface area contributed by atoms with E-state index in [4.69, 9.17) is 4.74 Å². The Morgan fingerprint density at radius 2 is 1.44 bits per heavy atom. The maximum atomic E-state index is 13.2. The number of esters is 1. The van der Waals surface area contributed by atoms with Gasteiger partial charge >= 0.3 is 5.97 Å². The van der Waals surface area contributed by atoms with E-state index in [9.17, 15) is 14.4 Å². The first-order valence-corrected chi connectivity index (χ1v) is 21.8. The molecule has 0 heterocycles. The number of rotatable bonds is 16. The third-order valence-corrected chi connectivity index (χ3v) is 14.3. The third-order valence-electron chi connectivity index (χ3n) is 14.3. The van der Waals surface area contributed by atoms with E-state index in [0.717, 1.165) is 67.9 Å². The smallest absolute Gasteiger partial charge is 0.306 e. The molecule has 0 aromatic heterocycles. The quantitative estimate of drug-likeness (QED) is 0.127. The predicted octanol–water partition coefficient (Wildman–Crippen LogP) is 11.5. The van der Waals surface area contributed by atoms with Gasteiger partial charge in [-0.15, -0.1) is 0 Å². The Bertz CT molecular complexity index is 1490. The number of Topliss-reactive ketones (excluding diaryl/α,β-unsaturated/α-hetero) is 1. The lowest BCUT2D eigenvalue weighted by Gasteiger charge is -2.53. The van der Waals surface area contributed by atoms with Crippen molar-refractivity contribution in [2.75, 3.05) is 14.1 Å². The summed E-state index contributed by atoms with van der Waals surface area (Å²) >= 11 is 0. The van der Waals surface area contributed by atoms with Gasteiger partial charge in [0.1, 0.15) is 11.9 Å². The Balaban J connectivity index is 0.000000218. The summed E-state index contributed by atoms with van der Waals surface area (Å²) < 4.78 is 6.13. The van der Waals surface area contributed by atoms with Crippen LogP contribution in [-0.4, -0.2) is 48.7 Å². The molecule has 0 amide bonds. The number of allylic oxidation sites excluding steroid dienone is 1. The minimum absolute atomic E-state index is 0.0437. The second-order valence-electron chi connectivity index (χ2n) is 17.7. The van der Waals surface area contributed by atoms with Crippen LogP contribution in [0.3, 0.4) is 0 Å². The van der Waals surface area contributed by atoms with E-state index >= 15 is 0 Å². The Kier molecular flexibility index (Phi) is 15.4. The van der Waals surface area contributed by atoms with Gasteiger partial charge in [0.15, 0.2) is 5.78 Å². The highest BCUT2D eigenvalue weighted by molar-refractivity contribution is 5.94. The second-order valence-corrected chi connectivity index (χ2v) is 17.7. The zero-order valence-corrected chi connectivity index (χ0v) is 34.6. The molecule has 0 saturated heterocycles. The molecule has 0 bridgehead atoms. The fraction of sp³-hybridized carbons (Fsp3) is 0.653. The van der Waals surface area contributed by atoms with Crippen molar-refractivity contribution in [2.24, 2.45) is 29.1 Å². The van der Waals surface area contributed by atoms with E-state index in [0.29, 0.717) is 36.5 Å². The van der Waals surface area contributed by atoms with Gasteiger partial charge in [-0.25, -0.2) is 0 Å². The summed E-state index contributed by atoms with van der Waals surface area (Å²) in [6.07, 6.45) is 21.6. The van der Waals surface area contributed by atoms with E-state index in [-0.39, 0.29) is 23.3 Å². The molecule has 0 N–H and O–H groups in total. The first-order valence-electron chi connectivity index (χ1n) is 21.8. The Morgan fingerprint density at radius 1 is 0.815 bits per heavy atom. The predicted molar refractivity (Wildman–Crippen MR) is 221 cm³/mol. The number of ketones is 2. The van der Waals surface area contributed by atoms with Gasteiger partial charge in [-0.1, -0.05) is 126 Å². The van der Waals surface area contributed by atoms with E-state index in [1.165, 1.54) is 63.4 Å². The van der Waals surface area contributed by atoms with Crippen LogP contribution in [0.2, 0.25) is 0 Å². The summed E-state index contributed by atoms with van der Waals surface area (Å²) in [5, 5.41) is 0. The number of hydrogen-bond donors (Lipinski definition) is 0. The van der Waals surface area contributed by atoms with E-state index in [2.05, 4.69) is 64.0 Å². The number of benzene rings is 2. The van der Waals surface area contributed by atoms with Crippen LogP contribution in [0.15, 0.2) is 72.3 Å². The molecule has 5 nitrogen and oxygen atoms in total. The van der Waals surface area contributed by atoms with Crippen LogP contribution in [0, 0.1) is 29.1 Å². The van der Waals surface area contributed by atoms with Crippen LogP contribution in [0.25, 0.3) is 0 Å². The van der Waals surface area contributed by atoms with Crippen molar-refractivity contribution in [1.29, 1.82) is 0 Å². The van der Waals surface area contributed by atoms with Crippen molar-refractivity contribution in [3.8, 4) is 0 Å². The lowest BCUT2D eigenvalue weighted by atomic mass is 9.52. The summed E-state index contributed by atoms with van der Waals surface area (Å²) in [7, 11) is 4.14. The lowest BCUT2D eigenvalue weighted by Crippen LogP contribution is -2.48. The molecule has 5 heteroatoms. The Hall–Kier alpha value is -3.05. The van der Waals surface area contributed by atoms with Crippen molar-refractivity contribution in [1.82, 2.24) is 4.90 Å². The molecule has 2 aromatic carbocycles. The number of carbonyl (C=O) groups excluding carboxylic acids is 3. The second kappa shape index (κ2) is 19.7. The lowest BCUT2D eigenvalue weighted by molar-refractivity contribution is -0.159. The van der Waals surface area contributed by atoms with Gasteiger partial charge in [0, 0.05) is 30.7 Å². The molecule has 3 saturated carbocycles. The van der Waals surface area contributed by atoms with Gasteiger partial charge in [0.05, 0.1) is 5.41 Å². The fourth-order valence-electron chi connectivity index (χ4n) is 11.0. The normalized spacial score (nSPS) is 26.8. The van der Waals surface area contributed by atoms with E-state index < -0.39 is 5.41 Å². The van der Waals surface area contributed by atoms with Gasteiger partial charge in [-0.05, 0) is 120 Å². The van der Waals surface area contributed by atoms with Crippen LogP contribution in [0.5, 0.6) is 0 Å². The topological polar surface area (TPSA) is 63.7 Å². The number of carbonyl (C=O) groups is 3. The van der Waals surface area contributed by atoms with Crippen molar-refractivity contribution in [2.45, 2.75) is 161 Å². The zero-order chi connectivity index (χ0) is 38.7. The van der Waals surface area contributed by atoms with Gasteiger partial charge in [-0.2, -0.15) is 0 Å². The van der Waals surface area contributed by atoms with Gasteiger partial charge in [-0.3, -0.25) is 14.4 Å². The SMILES string of the molecule is CCC(=O)C(C[C@@H](C)N(C)C)(c1ccccc1)c1ccccc1.CCCCCCCCCC(=O)O[C@H]1CC[C@H]2[C@@H]3CCC4=CC(=O)CC[C@@H]4[C@H]3CC[C@]12C. The number of unbranched alkanes of at least 4 members (excludes halogenated alkanes) is 6. The third kappa shape index (κ3) is 9.66. The average Bonchev–Trinajstić information content (AvgIpc) is 3.52. The molecule has 54 heavy (non-hydrogen) atoms. The summed E-state index contributed by atoms with van der Waals surface area (Å²) in [6.45, 7) is 8.81. The van der Waals surface area contributed by atoms with Gasteiger partial charge in [0.25, 0.3) is 0 Å². The van der Waals surface area contributed by atoms with E-state index in [1.54, 1.807) is 0 Å². The highest BCUT2D eigenvalue weighted by atomic mass is 16.5. The van der Waals surface area contributed by atoms with Crippen molar-refractivity contribution in [3.05, 3.63) is 83.4 Å². The Morgan fingerprint density at radius 3 is 2.06 bits per heavy atom. The average molecular weight is 738 g/mol. The largest absolute Gasteiger partial charge is 0.462 e. The zero-order valence-electron chi connectivity index (χ0n) is 34.6. The number of fused-ring (bicyclic) bond motifs is 5. The molecule has 296 valence electrons. The first-order chi connectivity index (χ1) is 26.0. The highest BCUT2D eigenvalue weighted by Crippen LogP contribution is 2.62. The first kappa shape index (κ1) is 42.1. The fourth-order valence-corrected chi connectivity index (χ4v) is 11.0. The molecule has 0 unspecified atom stereocenters. The summed E-state index contributed by atoms with van der Waals surface area (Å²) in [5.41, 5.74) is 3.22. The molecule has 6 rings (SSSR count). The van der Waals surface area contributed by atoms with Crippen LogP contribution in [0.1, 0.15) is 154 Å². The van der Waals surface area contributed by atoms with Crippen LogP contribution in [0.4, 0.5) is 0 Å². The number of hydrogen-bond acceptors (Lipinski definition) is 5. The summed E-state index contributed by atoms with van der Waals surface area (Å²) in [6, 6.07) is 20.7. The van der Waals surface area contributed by atoms with Crippen LogP contribution >= 0.6 is 0 Å². The summed E-state index contributed by atoms with van der Waals surface area (Å²) in [4.78, 5) is 39.8. The molecule has 7 atom stereocenters. The molecule has 2 aromatic rings. The van der Waals surface area contributed by atoms with E-state index in [1.807, 2.05) is 49.4 Å². The Labute approximate surface area is 328 Å². The van der Waals surface area contributed by atoms with Crippen LogP contribution in [-0.2, 0) is 24.5 Å². The molecule has 0 radical (unpaired) electrons. The van der Waals surface area contributed by atoms with Crippen molar-refractivity contribution in [3.63, 3.8) is 0 Å². The monoisotopic (exact) mass is 738 g/mol.